The van der Waals surface area contributed by atoms with Crippen molar-refractivity contribution >= 4 is 28.8 Å². The number of hydrogen-bond donors (Lipinski definition) is 2. The Bertz CT molecular complexity index is 629. The molecule has 1 atom stereocenters. The van der Waals surface area contributed by atoms with Gasteiger partial charge < -0.3 is 10.4 Å². The Morgan fingerprint density at radius 3 is 2.60 bits per heavy atom. The van der Waals surface area contributed by atoms with Crippen LogP contribution in [0.4, 0.5) is 17.2 Å². The van der Waals surface area contributed by atoms with Crippen molar-refractivity contribution in [3.05, 3.63) is 57.2 Å². The summed E-state index contributed by atoms with van der Waals surface area (Å²) in [5, 5.41) is 23.4. The van der Waals surface area contributed by atoms with Crippen LogP contribution in [0.2, 0.25) is 5.02 Å². The van der Waals surface area contributed by atoms with E-state index >= 15 is 0 Å². The van der Waals surface area contributed by atoms with Crippen molar-refractivity contribution in [2.75, 3.05) is 5.32 Å². The van der Waals surface area contributed by atoms with Crippen molar-refractivity contribution in [2.45, 2.75) is 13.0 Å². The highest BCUT2D eigenvalue weighted by atomic mass is 35.5. The maximum absolute atomic E-state index is 10.9. The van der Waals surface area contributed by atoms with Gasteiger partial charge in [0.05, 0.1) is 16.0 Å². The molecule has 0 saturated heterocycles. The second-order valence-electron chi connectivity index (χ2n) is 4.20. The van der Waals surface area contributed by atoms with Crippen LogP contribution in [-0.4, -0.2) is 15.0 Å². The van der Waals surface area contributed by atoms with Gasteiger partial charge in [-0.3, -0.25) is 10.1 Å². The third-order valence-corrected chi connectivity index (χ3v) is 2.89. The number of hydrogen-bond acceptors (Lipinski definition) is 5. The lowest BCUT2D eigenvalue weighted by Crippen LogP contribution is -2.00. The molecule has 0 fully saturated rings. The van der Waals surface area contributed by atoms with E-state index in [1.807, 2.05) is 0 Å². The van der Waals surface area contributed by atoms with Gasteiger partial charge in [0.2, 0.25) is 5.82 Å². The molecule has 7 heteroatoms. The molecule has 0 aliphatic rings. The molecule has 104 valence electrons. The van der Waals surface area contributed by atoms with Crippen molar-refractivity contribution in [3.8, 4) is 0 Å². The van der Waals surface area contributed by atoms with Crippen LogP contribution in [0.15, 0.2) is 36.5 Å². The van der Waals surface area contributed by atoms with E-state index in [2.05, 4.69) is 10.3 Å². The Hall–Kier alpha value is -2.18. The minimum absolute atomic E-state index is 0.115. The third-order valence-electron chi connectivity index (χ3n) is 2.69. The Balaban J connectivity index is 2.28. The molecular weight excluding hydrogens is 282 g/mol. The lowest BCUT2D eigenvalue weighted by atomic mass is 10.1. The number of pyridine rings is 1. The topological polar surface area (TPSA) is 88.3 Å². The zero-order valence-electron chi connectivity index (χ0n) is 10.6. The normalized spacial score (nSPS) is 11.9. The molecule has 1 unspecified atom stereocenters. The molecule has 6 nitrogen and oxygen atoms in total. The van der Waals surface area contributed by atoms with Crippen molar-refractivity contribution in [2.24, 2.45) is 0 Å². The van der Waals surface area contributed by atoms with Gasteiger partial charge in [-0.05, 0) is 24.6 Å². The molecule has 0 bridgehead atoms. The third kappa shape index (κ3) is 3.23. The molecule has 0 spiro atoms. The second kappa shape index (κ2) is 5.85. The van der Waals surface area contributed by atoms with Gasteiger partial charge in [0.25, 0.3) is 0 Å². The van der Waals surface area contributed by atoms with E-state index in [9.17, 15) is 15.2 Å². The first-order valence-electron chi connectivity index (χ1n) is 5.82. The number of aliphatic hydroxyl groups is 1. The lowest BCUT2D eigenvalue weighted by Gasteiger charge is -2.08. The highest BCUT2D eigenvalue weighted by Gasteiger charge is 2.16. The summed E-state index contributed by atoms with van der Waals surface area (Å²) >= 11 is 5.70. The number of nitro groups is 1. The van der Waals surface area contributed by atoms with Crippen LogP contribution in [0.5, 0.6) is 0 Å². The van der Waals surface area contributed by atoms with E-state index in [0.29, 0.717) is 5.69 Å². The predicted octanol–water partition coefficient (Wildman–Crippen LogP) is 3.44. The monoisotopic (exact) mass is 293 g/mol. The predicted molar refractivity (Wildman–Crippen MR) is 76.3 cm³/mol. The molecule has 0 aliphatic carbocycles. The Kier molecular flexibility index (Phi) is 4.16. The summed E-state index contributed by atoms with van der Waals surface area (Å²) in [4.78, 5) is 14.3. The summed E-state index contributed by atoms with van der Waals surface area (Å²) < 4.78 is 0. The van der Waals surface area contributed by atoms with Gasteiger partial charge in [-0.1, -0.05) is 23.7 Å². The summed E-state index contributed by atoms with van der Waals surface area (Å²) in [6.07, 6.45) is 0.771. The molecule has 1 aromatic carbocycles. The van der Waals surface area contributed by atoms with E-state index in [0.717, 1.165) is 5.56 Å². The van der Waals surface area contributed by atoms with Crippen molar-refractivity contribution < 1.29 is 10.0 Å². The number of nitrogens with zero attached hydrogens (tertiary/aromatic N) is 2. The molecule has 0 amide bonds. The van der Waals surface area contributed by atoms with E-state index < -0.39 is 11.0 Å². The standard InChI is InChI=1S/C13H12ClN3O3/c1-8(18)9-2-4-11(5-3-9)16-13-12(17(19)20)6-10(14)7-15-13/h2-8,18H,1H3,(H,15,16). The Labute approximate surface area is 120 Å². The number of rotatable bonds is 4. The van der Waals surface area contributed by atoms with Crippen LogP contribution in [0.3, 0.4) is 0 Å². The molecule has 0 radical (unpaired) electrons. The maximum atomic E-state index is 10.9. The SMILES string of the molecule is CC(O)c1ccc(Nc2ncc(Cl)cc2[N+](=O)[O-])cc1. The Morgan fingerprint density at radius 1 is 1.40 bits per heavy atom. The van der Waals surface area contributed by atoms with Crippen LogP contribution in [0.1, 0.15) is 18.6 Å². The minimum atomic E-state index is -0.563. The fourth-order valence-electron chi connectivity index (χ4n) is 1.65. The van der Waals surface area contributed by atoms with Gasteiger partial charge in [0.15, 0.2) is 0 Å². The number of anilines is 2. The summed E-state index contributed by atoms with van der Waals surface area (Å²) in [5.41, 5.74) is 1.19. The fraction of sp³-hybridized carbons (Fsp3) is 0.154. The van der Waals surface area contributed by atoms with Crippen LogP contribution < -0.4 is 5.32 Å². The first-order chi connectivity index (χ1) is 9.47. The molecule has 1 heterocycles. The highest BCUT2D eigenvalue weighted by Crippen LogP contribution is 2.28. The number of aliphatic hydroxyl groups excluding tert-OH is 1. The van der Waals surface area contributed by atoms with Crippen molar-refractivity contribution in [1.82, 2.24) is 4.98 Å². The van der Waals surface area contributed by atoms with E-state index in [1.54, 1.807) is 31.2 Å². The zero-order chi connectivity index (χ0) is 14.7. The lowest BCUT2D eigenvalue weighted by molar-refractivity contribution is -0.384. The summed E-state index contributed by atoms with van der Waals surface area (Å²) in [6, 6.07) is 8.12. The summed E-state index contributed by atoms with van der Waals surface area (Å²) in [5.74, 6) is 0.115. The maximum Gasteiger partial charge on any atom is 0.313 e. The second-order valence-corrected chi connectivity index (χ2v) is 4.64. The molecule has 0 saturated carbocycles. The van der Waals surface area contributed by atoms with E-state index in [1.165, 1.54) is 12.3 Å². The van der Waals surface area contributed by atoms with Gasteiger partial charge in [0.1, 0.15) is 0 Å². The molecule has 0 aliphatic heterocycles. The number of aromatic nitrogens is 1. The van der Waals surface area contributed by atoms with Crippen LogP contribution in [0.25, 0.3) is 0 Å². The van der Waals surface area contributed by atoms with Crippen molar-refractivity contribution in [3.63, 3.8) is 0 Å². The van der Waals surface area contributed by atoms with E-state index in [-0.39, 0.29) is 16.5 Å². The molecular formula is C13H12ClN3O3. The Morgan fingerprint density at radius 2 is 2.05 bits per heavy atom. The van der Waals surface area contributed by atoms with Crippen LogP contribution in [-0.2, 0) is 0 Å². The van der Waals surface area contributed by atoms with Crippen LogP contribution >= 0.6 is 11.6 Å². The average molecular weight is 294 g/mol. The highest BCUT2D eigenvalue weighted by molar-refractivity contribution is 6.30. The first-order valence-corrected chi connectivity index (χ1v) is 6.20. The minimum Gasteiger partial charge on any atom is -0.389 e. The average Bonchev–Trinajstić information content (AvgIpc) is 2.41. The van der Waals surface area contributed by atoms with Gasteiger partial charge >= 0.3 is 5.69 Å². The van der Waals surface area contributed by atoms with E-state index in [4.69, 9.17) is 11.6 Å². The summed E-state index contributed by atoms with van der Waals surface area (Å²) in [6.45, 7) is 1.66. The molecule has 1 aromatic heterocycles. The van der Waals surface area contributed by atoms with Crippen LogP contribution in [0, 0.1) is 10.1 Å². The number of halogens is 1. The van der Waals surface area contributed by atoms with Gasteiger partial charge in [-0.2, -0.15) is 0 Å². The molecule has 2 aromatic rings. The van der Waals surface area contributed by atoms with Gasteiger partial charge in [-0.25, -0.2) is 4.98 Å². The quantitative estimate of drug-likeness (QED) is 0.666. The molecule has 20 heavy (non-hydrogen) atoms. The van der Waals surface area contributed by atoms with Gasteiger partial charge in [0, 0.05) is 18.0 Å². The summed E-state index contributed by atoms with van der Waals surface area (Å²) in [7, 11) is 0. The number of benzene rings is 1. The first kappa shape index (κ1) is 14.2. The fourth-order valence-corrected chi connectivity index (χ4v) is 1.80. The smallest absolute Gasteiger partial charge is 0.313 e. The number of nitrogens with one attached hydrogen (secondary N) is 1. The van der Waals surface area contributed by atoms with Gasteiger partial charge in [-0.15, -0.1) is 0 Å². The van der Waals surface area contributed by atoms with Crippen molar-refractivity contribution in [1.29, 1.82) is 0 Å². The zero-order valence-corrected chi connectivity index (χ0v) is 11.3. The largest absolute Gasteiger partial charge is 0.389 e. The molecule has 2 rings (SSSR count). The molecule has 2 N–H and O–H groups in total.